The molecule has 5 atom stereocenters. The summed E-state index contributed by atoms with van der Waals surface area (Å²) in [5.74, 6) is -0.611. The Morgan fingerprint density at radius 3 is 2.52 bits per heavy atom. The van der Waals surface area contributed by atoms with Crippen LogP contribution in [-0.2, 0) is 23.8 Å². The van der Waals surface area contributed by atoms with Gasteiger partial charge in [0.25, 0.3) is 0 Å². The number of epoxide rings is 1. The van der Waals surface area contributed by atoms with Crippen LogP contribution in [0.15, 0.2) is 12.2 Å². The Morgan fingerprint density at radius 1 is 1.24 bits per heavy atom. The third-order valence-corrected chi connectivity index (χ3v) is 5.01. The number of carbonyl (C=O) groups is 2. The number of esters is 2. The van der Waals surface area contributed by atoms with Crippen molar-refractivity contribution in [2.75, 3.05) is 13.2 Å². The lowest BCUT2D eigenvalue weighted by molar-refractivity contribution is -0.142. The Labute approximate surface area is 149 Å². The predicted molar refractivity (Wildman–Crippen MR) is 91.8 cm³/mol. The zero-order valence-corrected chi connectivity index (χ0v) is 15.2. The maximum atomic E-state index is 11.7. The van der Waals surface area contributed by atoms with E-state index >= 15 is 0 Å². The highest BCUT2D eigenvalue weighted by Gasteiger charge is 2.35. The van der Waals surface area contributed by atoms with Crippen molar-refractivity contribution in [3.05, 3.63) is 12.2 Å². The average molecular weight is 354 g/mol. The molecule has 2 fully saturated rings. The number of aliphatic hydroxyl groups is 1. The van der Waals surface area contributed by atoms with Gasteiger partial charge in [0.2, 0.25) is 0 Å². The highest BCUT2D eigenvalue weighted by Crippen LogP contribution is 2.29. The van der Waals surface area contributed by atoms with Gasteiger partial charge >= 0.3 is 11.9 Å². The van der Waals surface area contributed by atoms with Gasteiger partial charge in [-0.2, -0.15) is 0 Å². The fraction of sp³-hybridized carbons (Fsp3) is 0.789. The average Bonchev–Trinajstić information content (AvgIpc) is 3.29. The minimum Gasteiger partial charge on any atom is -0.462 e. The summed E-state index contributed by atoms with van der Waals surface area (Å²) in [6.07, 6.45) is 7.72. The van der Waals surface area contributed by atoms with Crippen LogP contribution in [0.4, 0.5) is 0 Å². The van der Waals surface area contributed by atoms with Crippen molar-refractivity contribution in [2.24, 2.45) is 11.8 Å². The molecule has 0 bridgehead atoms. The molecule has 5 unspecified atom stereocenters. The fourth-order valence-electron chi connectivity index (χ4n) is 3.20. The molecule has 6 heteroatoms. The van der Waals surface area contributed by atoms with Gasteiger partial charge in [0.15, 0.2) is 0 Å². The van der Waals surface area contributed by atoms with Crippen LogP contribution in [0.3, 0.4) is 0 Å². The third-order valence-electron chi connectivity index (χ3n) is 5.01. The molecule has 0 aromatic carbocycles. The van der Waals surface area contributed by atoms with Crippen molar-refractivity contribution in [2.45, 2.75) is 70.7 Å². The highest BCUT2D eigenvalue weighted by atomic mass is 16.6. The van der Waals surface area contributed by atoms with E-state index in [1.807, 2.05) is 6.92 Å². The zero-order valence-electron chi connectivity index (χ0n) is 15.2. The van der Waals surface area contributed by atoms with E-state index in [1.54, 1.807) is 0 Å². The molecule has 142 valence electrons. The largest absolute Gasteiger partial charge is 0.462 e. The molecule has 0 amide bonds. The maximum absolute atomic E-state index is 11.7. The number of ether oxygens (including phenoxy) is 3. The summed E-state index contributed by atoms with van der Waals surface area (Å²) in [7, 11) is 0. The summed E-state index contributed by atoms with van der Waals surface area (Å²) in [6.45, 7) is 4.71. The Bertz CT molecular complexity index is 475. The smallest absolute Gasteiger partial charge is 0.331 e. The fourth-order valence-corrected chi connectivity index (χ4v) is 3.20. The molecule has 6 nitrogen and oxygen atoms in total. The quantitative estimate of drug-likeness (QED) is 0.389. The van der Waals surface area contributed by atoms with Crippen molar-refractivity contribution in [3.8, 4) is 0 Å². The summed E-state index contributed by atoms with van der Waals surface area (Å²) in [4.78, 5) is 23.4. The Morgan fingerprint density at radius 2 is 1.92 bits per heavy atom. The molecule has 0 aromatic rings. The monoisotopic (exact) mass is 354 g/mol. The summed E-state index contributed by atoms with van der Waals surface area (Å²) >= 11 is 0. The van der Waals surface area contributed by atoms with E-state index in [0.717, 1.165) is 44.3 Å². The van der Waals surface area contributed by atoms with Gasteiger partial charge in [0.1, 0.15) is 0 Å². The van der Waals surface area contributed by atoms with Gasteiger partial charge in [-0.25, -0.2) is 9.59 Å². The summed E-state index contributed by atoms with van der Waals surface area (Å²) < 4.78 is 15.7. The third kappa shape index (κ3) is 7.57. The Balaban J connectivity index is 1.60. The van der Waals surface area contributed by atoms with Gasteiger partial charge in [-0.15, -0.1) is 0 Å². The molecule has 1 saturated heterocycles. The van der Waals surface area contributed by atoms with Crippen molar-refractivity contribution in [1.82, 2.24) is 0 Å². The molecule has 1 heterocycles. The van der Waals surface area contributed by atoms with Crippen LogP contribution in [-0.4, -0.2) is 48.6 Å². The molecule has 25 heavy (non-hydrogen) atoms. The number of aliphatic hydroxyl groups excluding tert-OH is 1. The van der Waals surface area contributed by atoms with Gasteiger partial charge in [0, 0.05) is 12.2 Å². The maximum Gasteiger partial charge on any atom is 0.331 e. The van der Waals surface area contributed by atoms with Gasteiger partial charge < -0.3 is 19.3 Å². The van der Waals surface area contributed by atoms with E-state index in [4.69, 9.17) is 14.2 Å². The lowest BCUT2D eigenvalue weighted by Gasteiger charge is -2.25. The first-order valence-electron chi connectivity index (χ1n) is 9.33. The second kappa shape index (κ2) is 9.92. The Hall–Kier alpha value is -1.40. The second-order valence-electron chi connectivity index (χ2n) is 7.17. The highest BCUT2D eigenvalue weighted by molar-refractivity contribution is 5.91. The van der Waals surface area contributed by atoms with Crippen molar-refractivity contribution in [1.29, 1.82) is 0 Å². The topological polar surface area (TPSA) is 85.4 Å². The van der Waals surface area contributed by atoms with Crippen LogP contribution in [0.25, 0.3) is 0 Å². The molecular weight excluding hydrogens is 324 g/mol. The first-order valence-corrected chi connectivity index (χ1v) is 9.33. The number of hydrogen-bond donors (Lipinski definition) is 1. The van der Waals surface area contributed by atoms with Crippen molar-refractivity contribution < 1.29 is 28.9 Å². The SMILES string of the molecule is CCC(COC(=O)/C=C\C(=O)OCC1CCCC(O)C1)CC1OC1C. The molecule has 0 aromatic heterocycles. The van der Waals surface area contributed by atoms with Crippen LogP contribution in [0.5, 0.6) is 0 Å². The van der Waals surface area contributed by atoms with Gasteiger partial charge in [-0.1, -0.05) is 13.3 Å². The van der Waals surface area contributed by atoms with Crippen molar-refractivity contribution in [3.63, 3.8) is 0 Å². The van der Waals surface area contributed by atoms with E-state index in [1.165, 1.54) is 0 Å². The molecule has 0 radical (unpaired) electrons. The summed E-state index contributed by atoms with van der Waals surface area (Å²) in [5, 5.41) is 9.59. The number of rotatable bonds is 9. The second-order valence-corrected chi connectivity index (χ2v) is 7.17. The molecule has 2 aliphatic rings. The molecule has 1 aliphatic carbocycles. The van der Waals surface area contributed by atoms with Gasteiger partial charge in [-0.3, -0.25) is 0 Å². The molecule has 1 saturated carbocycles. The van der Waals surface area contributed by atoms with Crippen molar-refractivity contribution >= 4 is 11.9 Å². The van der Waals surface area contributed by atoms with E-state index in [2.05, 4.69) is 6.92 Å². The van der Waals surface area contributed by atoms with E-state index in [-0.39, 0.29) is 30.7 Å². The summed E-state index contributed by atoms with van der Waals surface area (Å²) in [6, 6.07) is 0. The van der Waals surface area contributed by atoms with Crippen LogP contribution in [0.2, 0.25) is 0 Å². The van der Waals surface area contributed by atoms with Gasteiger partial charge in [-0.05, 0) is 50.9 Å². The van der Waals surface area contributed by atoms with Crippen LogP contribution < -0.4 is 0 Å². The van der Waals surface area contributed by atoms with E-state index < -0.39 is 11.9 Å². The molecule has 1 N–H and O–H groups in total. The number of hydrogen-bond acceptors (Lipinski definition) is 6. The minimum atomic E-state index is -0.552. The Kier molecular flexibility index (Phi) is 7.90. The lowest BCUT2D eigenvalue weighted by Crippen LogP contribution is -2.24. The molecular formula is C19H30O6. The van der Waals surface area contributed by atoms with Crippen LogP contribution in [0.1, 0.15) is 52.4 Å². The normalized spacial score (nSPS) is 30.0. The van der Waals surface area contributed by atoms with E-state index in [9.17, 15) is 14.7 Å². The molecule has 0 spiro atoms. The molecule has 2 rings (SSSR count). The minimum absolute atomic E-state index is 0.199. The van der Waals surface area contributed by atoms with Gasteiger partial charge in [0.05, 0.1) is 31.5 Å². The standard InChI is InChI=1S/C19H30O6/c1-3-14(10-17-13(2)25-17)11-23-18(21)7-8-19(22)24-12-15-5-4-6-16(20)9-15/h7-8,13-17,20H,3-6,9-12H2,1-2H3/b8-7-. The van der Waals surface area contributed by atoms with E-state index in [0.29, 0.717) is 19.1 Å². The first-order chi connectivity index (χ1) is 12.0. The van der Waals surface area contributed by atoms with Crippen LogP contribution >= 0.6 is 0 Å². The first kappa shape index (κ1) is 19.9. The number of carbonyl (C=O) groups excluding carboxylic acids is 2. The van der Waals surface area contributed by atoms with Crippen LogP contribution in [0, 0.1) is 11.8 Å². The zero-order chi connectivity index (χ0) is 18.2. The molecule has 1 aliphatic heterocycles. The lowest BCUT2D eigenvalue weighted by atomic mass is 9.88. The predicted octanol–water partition coefficient (Wildman–Crippen LogP) is 2.38. The summed E-state index contributed by atoms with van der Waals surface area (Å²) in [5.41, 5.74) is 0.